The molecule has 1 aliphatic heterocycles. The van der Waals surface area contributed by atoms with E-state index in [4.69, 9.17) is 4.74 Å². The van der Waals surface area contributed by atoms with Crippen LogP contribution in [0.25, 0.3) is 0 Å². The molecule has 1 atom stereocenters. The number of morpholine rings is 1. The van der Waals surface area contributed by atoms with E-state index in [0.717, 1.165) is 24.1 Å². The maximum atomic E-state index is 12.6. The minimum absolute atomic E-state index is 0.0638. The lowest BCUT2D eigenvalue weighted by Gasteiger charge is -2.33. The van der Waals surface area contributed by atoms with Crippen LogP contribution < -0.4 is 0 Å². The molecule has 0 aliphatic carbocycles. The Bertz CT molecular complexity index is 419. The van der Waals surface area contributed by atoms with Crippen molar-refractivity contribution in [1.82, 2.24) is 4.90 Å². The average molecular weight is 307 g/mol. The summed E-state index contributed by atoms with van der Waals surface area (Å²) in [6.45, 7) is 3.39. The third-order valence-corrected chi connectivity index (χ3v) is 4.52. The molecule has 0 unspecified atom stereocenters. The molecule has 6 heteroatoms. The van der Waals surface area contributed by atoms with Crippen molar-refractivity contribution >= 4 is 11.3 Å². The highest BCUT2D eigenvalue weighted by Gasteiger charge is 2.43. The molecule has 1 aromatic heterocycles. The quantitative estimate of drug-likeness (QED) is 0.819. The van der Waals surface area contributed by atoms with Gasteiger partial charge in [-0.3, -0.25) is 4.90 Å². The van der Waals surface area contributed by atoms with Gasteiger partial charge in [-0.25, -0.2) is 0 Å². The van der Waals surface area contributed by atoms with E-state index in [2.05, 4.69) is 13.0 Å². The molecule has 20 heavy (non-hydrogen) atoms. The summed E-state index contributed by atoms with van der Waals surface area (Å²) < 4.78 is 42.7. The average Bonchev–Trinajstić information content (AvgIpc) is 2.83. The number of alkyl halides is 3. The van der Waals surface area contributed by atoms with E-state index in [9.17, 15) is 13.2 Å². The Morgan fingerprint density at radius 1 is 1.35 bits per heavy atom. The lowest BCUT2D eigenvalue weighted by molar-refractivity contribution is -0.237. The highest BCUT2D eigenvalue weighted by molar-refractivity contribution is 7.11. The van der Waals surface area contributed by atoms with Gasteiger partial charge in [0.15, 0.2) is 6.10 Å². The predicted octanol–water partition coefficient (Wildman–Crippen LogP) is 3.85. The van der Waals surface area contributed by atoms with Crippen LogP contribution in [0.5, 0.6) is 0 Å². The Balaban J connectivity index is 1.87. The number of unbranched alkanes of at least 4 members (excludes halogenated alkanes) is 1. The molecule has 1 saturated heterocycles. The van der Waals surface area contributed by atoms with Crippen molar-refractivity contribution in [2.75, 3.05) is 19.7 Å². The van der Waals surface area contributed by atoms with E-state index in [1.165, 1.54) is 4.88 Å². The maximum absolute atomic E-state index is 12.6. The molecule has 114 valence electrons. The summed E-state index contributed by atoms with van der Waals surface area (Å²) in [5.41, 5.74) is 0. The molecule has 2 heterocycles. The smallest absolute Gasteiger partial charge is 0.366 e. The first-order chi connectivity index (χ1) is 9.49. The van der Waals surface area contributed by atoms with Crippen LogP contribution in [0.2, 0.25) is 0 Å². The largest absolute Gasteiger partial charge is 0.415 e. The zero-order chi connectivity index (χ0) is 14.6. The minimum Gasteiger partial charge on any atom is -0.366 e. The monoisotopic (exact) mass is 307 g/mol. The minimum atomic E-state index is -4.26. The van der Waals surface area contributed by atoms with E-state index in [1.807, 2.05) is 11.0 Å². The van der Waals surface area contributed by atoms with Gasteiger partial charge in [-0.2, -0.15) is 13.2 Å². The van der Waals surface area contributed by atoms with Gasteiger partial charge in [0.05, 0.1) is 6.61 Å². The standard InChI is InChI=1S/C14H20F3NOS/c1-2-3-4-11-5-6-12(20-11)9-18-7-8-19-13(10-18)14(15,16)17/h5-6,13H,2-4,7-10H2,1H3/t13-/m1/s1. The third kappa shape index (κ3) is 4.46. The first-order valence-electron chi connectivity index (χ1n) is 6.97. The van der Waals surface area contributed by atoms with Crippen LogP contribution >= 0.6 is 11.3 Å². The normalized spacial score (nSPS) is 21.3. The number of ether oxygens (including phenoxy) is 1. The van der Waals surface area contributed by atoms with Gasteiger partial charge in [0.2, 0.25) is 0 Å². The molecule has 0 saturated carbocycles. The number of rotatable bonds is 5. The molecular weight excluding hydrogens is 287 g/mol. The fourth-order valence-electron chi connectivity index (χ4n) is 2.26. The maximum Gasteiger partial charge on any atom is 0.415 e. The second kappa shape index (κ2) is 6.91. The van der Waals surface area contributed by atoms with Crippen molar-refractivity contribution in [3.63, 3.8) is 0 Å². The van der Waals surface area contributed by atoms with E-state index >= 15 is 0 Å². The van der Waals surface area contributed by atoms with E-state index in [1.54, 1.807) is 11.3 Å². The zero-order valence-electron chi connectivity index (χ0n) is 11.6. The summed E-state index contributed by atoms with van der Waals surface area (Å²) in [5.74, 6) is 0. The summed E-state index contributed by atoms with van der Waals surface area (Å²) in [4.78, 5) is 4.29. The first-order valence-corrected chi connectivity index (χ1v) is 7.79. The van der Waals surface area contributed by atoms with Crippen LogP contribution in [-0.2, 0) is 17.7 Å². The SMILES string of the molecule is CCCCc1ccc(CN2CCO[C@@H](C(F)(F)F)C2)s1. The van der Waals surface area contributed by atoms with Gasteiger partial charge in [0.1, 0.15) is 0 Å². The van der Waals surface area contributed by atoms with Crippen LogP contribution in [-0.4, -0.2) is 36.9 Å². The highest BCUT2D eigenvalue weighted by atomic mass is 32.1. The van der Waals surface area contributed by atoms with Crippen molar-refractivity contribution in [1.29, 1.82) is 0 Å². The van der Waals surface area contributed by atoms with Crippen molar-refractivity contribution < 1.29 is 17.9 Å². The van der Waals surface area contributed by atoms with E-state index < -0.39 is 12.3 Å². The van der Waals surface area contributed by atoms with Gasteiger partial charge in [0.25, 0.3) is 0 Å². The van der Waals surface area contributed by atoms with Crippen LogP contribution in [0, 0.1) is 0 Å². The number of halogens is 3. The van der Waals surface area contributed by atoms with Crippen molar-refractivity contribution in [2.24, 2.45) is 0 Å². The van der Waals surface area contributed by atoms with E-state index in [0.29, 0.717) is 13.1 Å². The Hall–Kier alpha value is -0.590. The van der Waals surface area contributed by atoms with Gasteiger partial charge in [-0.1, -0.05) is 13.3 Å². The second-order valence-electron chi connectivity index (χ2n) is 5.11. The third-order valence-electron chi connectivity index (χ3n) is 3.39. The molecule has 1 aromatic rings. The molecule has 0 N–H and O–H groups in total. The summed E-state index contributed by atoms with van der Waals surface area (Å²) >= 11 is 1.71. The summed E-state index contributed by atoms with van der Waals surface area (Å²) in [6.07, 6.45) is -2.52. The topological polar surface area (TPSA) is 12.5 Å². The number of nitrogens with zero attached hydrogens (tertiary/aromatic N) is 1. The Morgan fingerprint density at radius 3 is 2.80 bits per heavy atom. The number of aryl methyl sites for hydroxylation is 1. The van der Waals surface area contributed by atoms with Crippen molar-refractivity contribution in [3.8, 4) is 0 Å². The first kappa shape index (κ1) is 15.8. The fourth-order valence-corrected chi connectivity index (χ4v) is 3.36. The van der Waals surface area contributed by atoms with Crippen LogP contribution in [0.1, 0.15) is 29.5 Å². The van der Waals surface area contributed by atoms with Crippen LogP contribution in [0.3, 0.4) is 0 Å². The molecule has 1 aliphatic rings. The lowest BCUT2D eigenvalue weighted by atomic mass is 10.2. The van der Waals surface area contributed by atoms with Gasteiger partial charge in [-0.05, 0) is 25.0 Å². The molecule has 2 rings (SSSR count). The fraction of sp³-hybridized carbons (Fsp3) is 0.714. The molecular formula is C14H20F3NOS. The molecule has 1 fully saturated rings. The molecule has 0 spiro atoms. The van der Waals surface area contributed by atoms with Gasteiger partial charge in [0, 0.05) is 29.4 Å². The highest BCUT2D eigenvalue weighted by Crippen LogP contribution is 2.27. The van der Waals surface area contributed by atoms with Crippen molar-refractivity contribution in [2.45, 2.75) is 45.0 Å². The molecule has 0 radical (unpaired) electrons. The molecule has 0 amide bonds. The number of hydrogen-bond acceptors (Lipinski definition) is 3. The Morgan fingerprint density at radius 2 is 2.10 bits per heavy atom. The second-order valence-corrected chi connectivity index (χ2v) is 6.36. The Labute approximate surface area is 121 Å². The zero-order valence-corrected chi connectivity index (χ0v) is 12.4. The molecule has 2 nitrogen and oxygen atoms in total. The predicted molar refractivity (Wildman–Crippen MR) is 74.0 cm³/mol. The summed E-state index contributed by atoms with van der Waals surface area (Å²) in [5, 5.41) is 0. The molecule has 0 bridgehead atoms. The van der Waals surface area contributed by atoms with Crippen molar-refractivity contribution in [3.05, 3.63) is 21.9 Å². The lowest BCUT2D eigenvalue weighted by Crippen LogP contribution is -2.48. The van der Waals surface area contributed by atoms with Gasteiger partial charge < -0.3 is 4.74 Å². The van der Waals surface area contributed by atoms with Crippen LogP contribution in [0.15, 0.2) is 12.1 Å². The number of thiophene rings is 1. The number of hydrogen-bond donors (Lipinski definition) is 0. The van der Waals surface area contributed by atoms with Gasteiger partial charge in [-0.15, -0.1) is 11.3 Å². The molecule has 0 aromatic carbocycles. The van der Waals surface area contributed by atoms with Gasteiger partial charge >= 0.3 is 6.18 Å². The summed E-state index contributed by atoms with van der Waals surface area (Å²) in [6, 6.07) is 4.13. The van der Waals surface area contributed by atoms with Crippen LogP contribution in [0.4, 0.5) is 13.2 Å². The Kier molecular flexibility index (Phi) is 5.46. The van der Waals surface area contributed by atoms with E-state index in [-0.39, 0.29) is 13.2 Å². The summed E-state index contributed by atoms with van der Waals surface area (Å²) in [7, 11) is 0.